The van der Waals surface area contributed by atoms with Crippen LogP contribution < -0.4 is 15.4 Å². The van der Waals surface area contributed by atoms with Gasteiger partial charge in [0.25, 0.3) is 5.91 Å². The maximum Gasteiger partial charge on any atom is 0.255 e. The lowest BCUT2D eigenvalue weighted by atomic mass is 10.2. The molecule has 2 amide bonds. The van der Waals surface area contributed by atoms with E-state index >= 15 is 0 Å². The SMILES string of the molecule is COc1ccccc1NC(=O)c1ccc(NC(=O)[C@H](C)Sc2nc(C)c(C)n2C2CCCC2)cc1. The third-order valence-electron chi connectivity index (χ3n) is 6.47. The number of hydrogen-bond acceptors (Lipinski definition) is 5. The summed E-state index contributed by atoms with van der Waals surface area (Å²) in [5.41, 5.74) is 3.94. The molecule has 1 fully saturated rings. The summed E-state index contributed by atoms with van der Waals surface area (Å²) < 4.78 is 7.61. The van der Waals surface area contributed by atoms with Crippen molar-refractivity contribution < 1.29 is 14.3 Å². The Hall–Kier alpha value is -3.26. The van der Waals surface area contributed by atoms with Crippen molar-refractivity contribution in [2.24, 2.45) is 0 Å². The quantitative estimate of drug-likeness (QED) is 0.377. The summed E-state index contributed by atoms with van der Waals surface area (Å²) in [5, 5.41) is 6.41. The van der Waals surface area contributed by atoms with Gasteiger partial charge in [-0.15, -0.1) is 0 Å². The molecule has 2 aromatic carbocycles. The van der Waals surface area contributed by atoms with Crippen molar-refractivity contribution in [3.8, 4) is 5.75 Å². The Morgan fingerprint density at radius 3 is 2.43 bits per heavy atom. The number of thioether (sulfide) groups is 1. The lowest BCUT2D eigenvalue weighted by Gasteiger charge is -2.18. The molecule has 1 aromatic heterocycles. The molecule has 0 spiro atoms. The van der Waals surface area contributed by atoms with Crippen LogP contribution in [0.3, 0.4) is 0 Å². The van der Waals surface area contributed by atoms with Gasteiger partial charge in [0.1, 0.15) is 5.75 Å². The van der Waals surface area contributed by atoms with E-state index in [1.807, 2.05) is 26.0 Å². The Balaban J connectivity index is 1.38. The maximum atomic E-state index is 12.9. The number of anilines is 2. The van der Waals surface area contributed by atoms with Gasteiger partial charge in [0.15, 0.2) is 5.16 Å². The van der Waals surface area contributed by atoms with Crippen molar-refractivity contribution in [3.05, 3.63) is 65.5 Å². The number of methoxy groups -OCH3 is 1. The zero-order chi connectivity index (χ0) is 24.9. The van der Waals surface area contributed by atoms with E-state index in [-0.39, 0.29) is 17.1 Å². The third kappa shape index (κ3) is 5.70. The predicted molar refractivity (Wildman–Crippen MR) is 141 cm³/mol. The molecule has 4 rings (SSSR count). The molecular weight excluding hydrogens is 460 g/mol. The highest BCUT2D eigenvalue weighted by atomic mass is 32.2. The van der Waals surface area contributed by atoms with Gasteiger partial charge in [-0.1, -0.05) is 36.7 Å². The van der Waals surface area contributed by atoms with Gasteiger partial charge < -0.3 is 19.9 Å². The molecule has 2 N–H and O–H groups in total. The Labute approximate surface area is 210 Å². The molecule has 1 atom stereocenters. The highest BCUT2D eigenvalue weighted by Crippen LogP contribution is 2.36. The van der Waals surface area contributed by atoms with Crippen molar-refractivity contribution in [1.29, 1.82) is 0 Å². The molecule has 3 aromatic rings. The van der Waals surface area contributed by atoms with Crippen LogP contribution in [0.2, 0.25) is 0 Å². The number of para-hydroxylation sites is 2. The monoisotopic (exact) mass is 492 g/mol. The molecule has 1 heterocycles. The van der Waals surface area contributed by atoms with Gasteiger partial charge in [-0.05, 0) is 70.0 Å². The first-order valence-corrected chi connectivity index (χ1v) is 12.8. The van der Waals surface area contributed by atoms with E-state index in [4.69, 9.17) is 9.72 Å². The van der Waals surface area contributed by atoms with Gasteiger partial charge in [-0.3, -0.25) is 9.59 Å². The van der Waals surface area contributed by atoms with Gasteiger partial charge in [-0.25, -0.2) is 4.98 Å². The first-order chi connectivity index (χ1) is 16.9. The van der Waals surface area contributed by atoms with Crippen LogP contribution in [-0.2, 0) is 4.79 Å². The van der Waals surface area contributed by atoms with Crippen molar-refractivity contribution in [2.75, 3.05) is 17.7 Å². The first kappa shape index (κ1) is 24.9. The number of carbonyl (C=O) groups is 2. The van der Waals surface area contributed by atoms with Crippen LogP contribution in [0, 0.1) is 13.8 Å². The number of carbonyl (C=O) groups excluding carboxylic acids is 2. The Bertz CT molecular complexity index is 1200. The van der Waals surface area contributed by atoms with Crippen LogP contribution in [-0.4, -0.2) is 33.7 Å². The minimum Gasteiger partial charge on any atom is -0.495 e. The van der Waals surface area contributed by atoms with Gasteiger partial charge >= 0.3 is 0 Å². The zero-order valence-corrected chi connectivity index (χ0v) is 21.4. The molecule has 0 saturated heterocycles. The molecule has 1 aliphatic rings. The molecule has 0 radical (unpaired) electrons. The smallest absolute Gasteiger partial charge is 0.255 e. The highest BCUT2D eigenvalue weighted by molar-refractivity contribution is 8.00. The molecule has 184 valence electrons. The standard InChI is InChI=1S/C27H32N4O3S/c1-17-18(2)31(22-9-5-6-10-22)27(28-17)35-19(3)25(32)29-21-15-13-20(14-16-21)26(33)30-23-11-7-8-12-24(23)34-4/h7-8,11-16,19,22H,5-6,9-10H2,1-4H3,(H,29,32)(H,30,33)/t19-/m0/s1. The molecule has 1 aliphatic carbocycles. The van der Waals surface area contributed by atoms with Crippen LogP contribution in [0.4, 0.5) is 11.4 Å². The van der Waals surface area contributed by atoms with Crippen LogP contribution in [0.5, 0.6) is 5.75 Å². The fourth-order valence-corrected chi connectivity index (χ4v) is 5.45. The number of benzene rings is 2. The molecule has 0 bridgehead atoms. The predicted octanol–water partition coefficient (Wildman–Crippen LogP) is 6.00. The van der Waals surface area contributed by atoms with Gasteiger partial charge in [-0.2, -0.15) is 0 Å². The van der Waals surface area contributed by atoms with Crippen LogP contribution in [0.25, 0.3) is 0 Å². The van der Waals surface area contributed by atoms with Gasteiger partial charge in [0.2, 0.25) is 5.91 Å². The molecule has 35 heavy (non-hydrogen) atoms. The number of aromatic nitrogens is 2. The van der Waals surface area contributed by atoms with E-state index in [9.17, 15) is 9.59 Å². The second kappa shape index (κ2) is 11.0. The number of nitrogens with zero attached hydrogens (tertiary/aromatic N) is 2. The van der Waals surface area contributed by atoms with E-state index in [0.29, 0.717) is 28.7 Å². The molecular formula is C27H32N4O3S. The average Bonchev–Trinajstić information content (AvgIpc) is 3.47. The van der Waals surface area contributed by atoms with Crippen LogP contribution in [0.15, 0.2) is 53.7 Å². The summed E-state index contributed by atoms with van der Waals surface area (Å²) in [4.78, 5) is 30.3. The van der Waals surface area contributed by atoms with E-state index in [0.717, 1.165) is 10.9 Å². The number of nitrogens with one attached hydrogen (secondary N) is 2. The van der Waals surface area contributed by atoms with Crippen molar-refractivity contribution in [3.63, 3.8) is 0 Å². The summed E-state index contributed by atoms with van der Waals surface area (Å²) >= 11 is 1.50. The summed E-state index contributed by atoms with van der Waals surface area (Å²) in [6, 6.07) is 14.6. The van der Waals surface area contributed by atoms with Gasteiger partial charge in [0.05, 0.1) is 23.7 Å². The van der Waals surface area contributed by atoms with E-state index < -0.39 is 0 Å². The molecule has 8 heteroatoms. The Morgan fingerprint density at radius 1 is 1.06 bits per heavy atom. The average molecular weight is 493 g/mol. The number of ether oxygens (including phenoxy) is 1. The first-order valence-electron chi connectivity index (χ1n) is 11.9. The molecule has 0 aliphatic heterocycles. The molecule has 7 nitrogen and oxygen atoms in total. The minimum atomic E-state index is -0.315. The van der Waals surface area contributed by atoms with E-state index in [2.05, 4.69) is 22.1 Å². The number of imidazole rings is 1. The maximum absolute atomic E-state index is 12.9. The number of hydrogen-bond donors (Lipinski definition) is 2. The zero-order valence-electron chi connectivity index (χ0n) is 20.6. The summed E-state index contributed by atoms with van der Waals surface area (Å²) in [6.45, 7) is 6.04. The Morgan fingerprint density at radius 2 is 1.74 bits per heavy atom. The number of rotatable bonds is 8. The van der Waals surface area contributed by atoms with Crippen molar-refractivity contribution in [1.82, 2.24) is 9.55 Å². The largest absolute Gasteiger partial charge is 0.495 e. The fraction of sp³-hybridized carbons (Fsp3) is 0.370. The lowest BCUT2D eigenvalue weighted by Crippen LogP contribution is -2.23. The van der Waals surface area contributed by atoms with E-state index in [1.165, 1.54) is 43.1 Å². The number of aryl methyl sites for hydroxylation is 1. The summed E-state index contributed by atoms with van der Waals surface area (Å²) in [7, 11) is 1.56. The number of amides is 2. The highest BCUT2D eigenvalue weighted by Gasteiger charge is 2.26. The van der Waals surface area contributed by atoms with Crippen LogP contribution in [0.1, 0.15) is 60.4 Å². The third-order valence-corrected chi connectivity index (χ3v) is 7.53. The van der Waals surface area contributed by atoms with E-state index in [1.54, 1.807) is 43.5 Å². The summed E-state index contributed by atoms with van der Waals surface area (Å²) in [6.07, 6.45) is 4.83. The van der Waals surface area contributed by atoms with Crippen LogP contribution >= 0.6 is 11.8 Å². The van der Waals surface area contributed by atoms with Crippen molar-refractivity contribution in [2.45, 2.75) is 62.9 Å². The molecule has 0 unspecified atom stereocenters. The second-order valence-electron chi connectivity index (χ2n) is 8.85. The van der Waals surface area contributed by atoms with Gasteiger partial charge in [0, 0.05) is 23.0 Å². The summed E-state index contributed by atoms with van der Waals surface area (Å²) in [5.74, 6) is 0.244. The Kier molecular flexibility index (Phi) is 7.80. The van der Waals surface area contributed by atoms with Crippen molar-refractivity contribution >= 4 is 35.0 Å². The lowest BCUT2D eigenvalue weighted by molar-refractivity contribution is -0.115. The second-order valence-corrected chi connectivity index (χ2v) is 10.2. The normalized spacial score (nSPS) is 14.5. The topological polar surface area (TPSA) is 85.2 Å². The molecule has 1 saturated carbocycles. The fourth-order valence-electron chi connectivity index (χ4n) is 4.37. The minimum absolute atomic E-state index is 0.0995.